The fourth-order valence-electron chi connectivity index (χ4n) is 4.68. The van der Waals surface area contributed by atoms with E-state index < -0.39 is 12.0 Å². The van der Waals surface area contributed by atoms with Gasteiger partial charge >= 0.3 is 5.97 Å². The molecule has 5 rings (SSSR count). The van der Waals surface area contributed by atoms with E-state index in [2.05, 4.69) is 4.99 Å². The van der Waals surface area contributed by atoms with Crippen molar-refractivity contribution in [3.8, 4) is 11.5 Å². The Bertz CT molecular complexity index is 1810. The molecule has 42 heavy (non-hydrogen) atoms. The van der Waals surface area contributed by atoms with Crippen molar-refractivity contribution in [3.05, 3.63) is 125 Å². The Labute approximate surface area is 251 Å². The molecule has 10 heteroatoms. The first-order valence-electron chi connectivity index (χ1n) is 13.2. The number of hydrogen-bond acceptors (Lipinski definition) is 8. The van der Waals surface area contributed by atoms with E-state index in [-0.39, 0.29) is 24.3 Å². The predicted octanol–water partition coefficient (Wildman–Crippen LogP) is 4.67. The zero-order valence-electron chi connectivity index (χ0n) is 23.3. The van der Waals surface area contributed by atoms with Gasteiger partial charge < -0.3 is 18.9 Å². The topological polar surface area (TPSA) is 88.4 Å². The standard InChI is InChI=1S/C32H29ClN2O6S/c1-20-28(31(37)40-17-16-38-2)29(24-9-5-7-11-26(24)39-3)35-30(36)27(42-32(35)34-20)18-22-8-4-6-10-25(22)41-19-21-12-14-23(33)15-13-21/h4-15,18,29H,16-17,19H2,1-3H3. The molecule has 0 saturated carbocycles. The Morgan fingerprint density at radius 3 is 2.45 bits per heavy atom. The fourth-order valence-corrected chi connectivity index (χ4v) is 5.84. The molecule has 8 nitrogen and oxygen atoms in total. The van der Waals surface area contributed by atoms with Crippen LogP contribution >= 0.6 is 22.9 Å². The van der Waals surface area contributed by atoms with Crippen LogP contribution in [-0.2, 0) is 20.9 Å². The molecule has 1 aromatic heterocycles. The highest BCUT2D eigenvalue weighted by Crippen LogP contribution is 2.35. The van der Waals surface area contributed by atoms with Gasteiger partial charge in [-0.2, -0.15) is 0 Å². The van der Waals surface area contributed by atoms with Gasteiger partial charge in [0.15, 0.2) is 4.80 Å². The number of para-hydroxylation sites is 2. The van der Waals surface area contributed by atoms with Crippen LogP contribution in [0.2, 0.25) is 5.02 Å². The van der Waals surface area contributed by atoms with Crippen LogP contribution < -0.4 is 24.4 Å². The van der Waals surface area contributed by atoms with Crippen LogP contribution in [0.15, 0.2) is 93.9 Å². The maximum absolute atomic E-state index is 14.1. The molecule has 0 bridgehead atoms. The lowest BCUT2D eigenvalue weighted by Gasteiger charge is -2.26. The summed E-state index contributed by atoms with van der Waals surface area (Å²) in [6, 6.07) is 21.4. The summed E-state index contributed by atoms with van der Waals surface area (Å²) in [4.78, 5) is 32.5. The number of rotatable bonds is 10. The minimum Gasteiger partial charge on any atom is -0.496 e. The van der Waals surface area contributed by atoms with Crippen molar-refractivity contribution in [3.63, 3.8) is 0 Å². The molecule has 0 saturated heterocycles. The first-order chi connectivity index (χ1) is 20.4. The molecule has 4 aromatic rings. The molecule has 1 aliphatic rings. The number of thiazole rings is 1. The smallest absolute Gasteiger partial charge is 0.338 e. The van der Waals surface area contributed by atoms with Gasteiger partial charge in [-0.1, -0.05) is 71.5 Å². The molecule has 0 aliphatic carbocycles. The van der Waals surface area contributed by atoms with Crippen molar-refractivity contribution in [1.82, 2.24) is 4.57 Å². The van der Waals surface area contributed by atoms with Gasteiger partial charge in [0.05, 0.1) is 29.5 Å². The molecule has 0 spiro atoms. The highest BCUT2D eigenvalue weighted by molar-refractivity contribution is 7.07. The zero-order valence-corrected chi connectivity index (χ0v) is 24.9. The Morgan fingerprint density at radius 2 is 1.71 bits per heavy atom. The quantitative estimate of drug-likeness (QED) is 0.193. The van der Waals surface area contributed by atoms with Crippen molar-refractivity contribution >= 4 is 35.0 Å². The number of fused-ring (bicyclic) bond motifs is 1. The third kappa shape index (κ3) is 6.18. The number of halogens is 1. The minimum absolute atomic E-state index is 0.0714. The van der Waals surface area contributed by atoms with Crippen molar-refractivity contribution in [2.45, 2.75) is 19.6 Å². The van der Waals surface area contributed by atoms with Crippen LogP contribution in [0.5, 0.6) is 11.5 Å². The van der Waals surface area contributed by atoms with Crippen LogP contribution in [0.1, 0.15) is 29.7 Å². The van der Waals surface area contributed by atoms with Gasteiger partial charge in [-0.25, -0.2) is 9.79 Å². The fraction of sp³-hybridized carbons (Fsp3) is 0.219. The summed E-state index contributed by atoms with van der Waals surface area (Å²) in [7, 11) is 3.08. The van der Waals surface area contributed by atoms with Gasteiger partial charge in [-0.3, -0.25) is 9.36 Å². The molecule has 2 heterocycles. The SMILES string of the molecule is COCCOC(=O)C1=C(C)N=c2sc(=Cc3ccccc3OCc3ccc(Cl)cc3)c(=O)n2C1c1ccccc1OC. The number of methoxy groups -OCH3 is 2. The molecular formula is C32H29ClN2O6S. The molecule has 1 atom stereocenters. The number of nitrogens with zero attached hydrogens (tertiary/aromatic N) is 2. The number of allylic oxidation sites excluding steroid dienone is 1. The summed E-state index contributed by atoms with van der Waals surface area (Å²) in [6.45, 7) is 2.40. The van der Waals surface area contributed by atoms with Gasteiger partial charge in [-0.05, 0) is 42.8 Å². The Balaban J connectivity index is 1.59. The maximum atomic E-state index is 14.1. The largest absolute Gasteiger partial charge is 0.496 e. The van der Waals surface area contributed by atoms with Gasteiger partial charge in [0.1, 0.15) is 30.8 Å². The van der Waals surface area contributed by atoms with Gasteiger partial charge in [0.25, 0.3) is 5.56 Å². The molecule has 3 aromatic carbocycles. The monoisotopic (exact) mass is 604 g/mol. The number of aromatic nitrogens is 1. The summed E-state index contributed by atoms with van der Waals surface area (Å²) >= 11 is 7.25. The summed E-state index contributed by atoms with van der Waals surface area (Å²) in [5.41, 5.74) is 2.78. The Morgan fingerprint density at radius 1 is 1.00 bits per heavy atom. The van der Waals surface area contributed by atoms with Crippen LogP contribution in [-0.4, -0.2) is 38.0 Å². The van der Waals surface area contributed by atoms with Gasteiger partial charge in [0.2, 0.25) is 0 Å². The summed E-state index contributed by atoms with van der Waals surface area (Å²) < 4.78 is 24.3. The number of carbonyl (C=O) groups excluding carboxylic acids is 1. The number of hydrogen-bond donors (Lipinski definition) is 0. The number of carbonyl (C=O) groups is 1. The van der Waals surface area contributed by atoms with E-state index >= 15 is 0 Å². The van der Waals surface area contributed by atoms with Crippen LogP contribution in [0, 0.1) is 0 Å². The number of esters is 1. The third-order valence-electron chi connectivity index (χ3n) is 6.71. The highest BCUT2D eigenvalue weighted by atomic mass is 35.5. The third-order valence-corrected chi connectivity index (χ3v) is 7.94. The van der Waals surface area contributed by atoms with Crippen molar-refractivity contribution < 1.29 is 23.7 Å². The number of benzene rings is 3. The maximum Gasteiger partial charge on any atom is 0.338 e. The molecule has 0 amide bonds. The molecular weight excluding hydrogens is 576 g/mol. The van der Waals surface area contributed by atoms with E-state index in [4.69, 9.17) is 30.5 Å². The molecule has 216 valence electrons. The average molecular weight is 605 g/mol. The van der Waals surface area contributed by atoms with E-state index in [0.717, 1.165) is 11.1 Å². The first-order valence-corrected chi connectivity index (χ1v) is 14.4. The van der Waals surface area contributed by atoms with Gasteiger partial charge in [0, 0.05) is 23.3 Å². The summed E-state index contributed by atoms with van der Waals surface area (Å²) in [5, 5.41) is 0.655. The van der Waals surface area contributed by atoms with Crippen LogP contribution in [0.25, 0.3) is 6.08 Å². The van der Waals surface area contributed by atoms with E-state index in [0.29, 0.717) is 43.7 Å². The minimum atomic E-state index is -0.800. The highest BCUT2D eigenvalue weighted by Gasteiger charge is 2.35. The Hall–Kier alpha value is -4.18. The summed E-state index contributed by atoms with van der Waals surface area (Å²) in [6.07, 6.45) is 1.79. The lowest BCUT2D eigenvalue weighted by atomic mass is 9.95. The second kappa shape index (κ2) is 13.2. The molecule has 1 unspecified atom stereocenters. The van der Waals surface area contributed by atoms with E-state index in [1.807, 2.05) is 66.7 Å². The van der Waals surface area contributed by atoms with Crippen LogP contribution in [0.3, 0.4) is 0 Å². The van der Waals surface area contributed by atoms with Crippen molar-refractivity contribution in [1.29, 1.82) is 0 Å². The predicted molar refractivity (Wildman–Crippen MR) is 162 cm³/mol. The van der Waals surface area contributed by atoms with Crippen molar-refractivity contribution in [2.24, 2.45) is 4.99 Å². The van der Waals surface area contributed by atoms with E-state index in [1.165, 1.54) is 23.0 Å². The molecule has 0 N–H and O–H groups in total. The second-order valence-electron chi connectivity index (χ2n) is 9.41. The Kier molecular flexibility index (Phi) is 9.22. The lowest BCUT2D eigenvalue weighted by molar-refractivity contribution is -0.140. The molecule has 1 aliphatic heterocycles. The average Bonchev–Trinajstić information content (AvgIpc) is 3.30. The zero-order chi connectivity index (χ0) is 29.6. The second-order valence-corrected chi connectivity index (χ2v) is 10.9. The van der Waals surface area contributed by atoms with Crippen molar-refractivity contribution in [2.75, 3.05) is 27.4 Å². The van der Waals surface area contributed by atoms with Gasteiger partial charge in [-0.15, -0.1) is 0 Å². The summed E-state index contributed by atoms with van der Waals surface area (Å²) in [5.74, 6) is 0.590. The molecule has 0 fully saturated rings. The normalized spacial score (nSPS) is 14.8. The van der Waals surface area contributed by atoms with E-state index in [1.54, 1.807) is 26.2 Å². The lowest BCUT2D eigenvalue weighted by Crippen LogP contribution is -2.40. The van der Waals surface area contributed by atoms with Crippen LogP contribution in [0.4, 0.5) is 0 Å². The first kappa shape index (κ1) is 29.3. The number of ether oxygens (including phenoxy) is 4. The van der Waals surface area contributed by atoms with E-state index in [9.17, 15) is 9.59 Å². The molecule has 0 radical (unpaired) electrons.